The van der Waals surface area contributed by atoms with Gasteiger partial charge in [0.1, 0.15) is 6.61 Å². The lowest BCUT2D eigenvalue weighted by molar-refractivity contribution is 0.158. The van der Waals surface area contributed by atoms with Gasteiger partial charge >= 0.3 is 0 Å². The molecule has 0 saturated heterocycles. The Morgan fingerprint density at radius 1 is 1.60 bits per heavy atom. The Kier molecular flexibility index (Phi) is 3.65. The molecule has 58 valence electrons. The molecule has 0 aromatic carbocycles. The van der Waals surface area contributed by atoms with Gasteiger partial charge < -0.3 is 4.84 Å². The van der Waals surface area contributed by atoms with Gasteiger partial charge in [-0.2, -0.15) is 11.8 Å². The van der Waals surface area contributed by atoms with Gasteiger partial charge in [0.05, 0.1) is 5.71 Å². The maximum Gasteiger partial charge on any atom is 0.126 e. The molecule has 1 rings (SSSR count). The summed E-state index contributed by atoms with van der Waals surface area (Å²) in [5.41, 5.74) is 1.24. The molecule has 0 heterocycles. The fourth-order valence-corrected chi connectivity index (χ4v) is 0.925. The molecule has 0 radical (unpaired) electrons. The van der Waals surface area contributed by atoms with Crippen molar-refractivity contribution >= 4 is 17.5 Å². The highest BCUT2D eigenvalue weighted by Crippen LogP contribution is 2.14. The van der Waals surface area contributed by atoms with E-state index in [4.69, 9.17) is 4.84 Å². The van der Waals surface area contributed by atoms with Gasteiger partial charge in [0.15, 0.2) is 0 Å². The van der Waals surface area contributed by atoms with Gasteiger partial charge in [-0.05, 0) is 25.5 Å². The molecule has 1 fully saturated rings. The molecule has 0 atom stereocenters. The van der Waals surface area contributed by atoms with Crippen molar-refractivity contribution in [3.8, 4) is 0 Å². The zero-order valence-electron chi connectivity index (χ0n) is 6.30. The van der Waals surface area contributed by atoms with Crippen molar-refractivity contribution in [1.29, 1.82) is 0 Å². The van der Waals surface area contributed by atoms with E-state index in [1.807, 2.05) is 0 Å². The smallest absolute Gasteiger partial charge is 0.126 e. The van der Waals surface area contributed by atoms with Crippen molar-refractivity contribution in [2.75, 3.05) is 18.6 Å². The molecular formula is C7H13NOS. The summed E-state index contributed by atoms with van der Waals surface area (Å²) < 4.78 is 0. The summed E-state index contributed by atoms with van der Waals surface area (Å²) in [5.74, 6) is 1.04. The van der Waals surface area contributed by atoms with E-state index in [1.165, 1.54) is 12.1 Å². The van der Waals surface area contributed by atoms with Crippen LogP contribution in [0.4, 0.5) is 0 Å². The first kappa shape index (κ1) is 7.92. The Morgan fingerprint density at radius 2 is 2.40 bits per heavy atom. The summed E-state index contributed by atoms with van der Waals surface area (Å²) in [4.78, 5) is 5.05. The van der Waals surface area contributed by atoms with Crippen molar-refractivity contribution in [2.45, 2.75) is 19.3 Å². The quantitative estimate of drug-likeness (QED) is 0.461. The van der Waals surface area contributed by atoms with Crippen LogP contribution in [0.3, 0.4) is 0 Å². The molecule has 2 nitrogen and oxygen atoms in total. The van der Waals surface area contributed by atoms with Gasteiger partial charge in [-0.15, -0.1) is 0 Å². The lowest BCUT2D eigenvalue weighted by Gasteiger charge is -2.12. The molecule has 0 N–H and O–H groups in total. The summed E-state index contributed by atoms with van der Waals surface area (Å²) in [6.07, 6.45) is 5.67. The number of oxime groups is 1. The minimum atomic E-state index is 0.755. The standard InChI is InChI=1S/C7H13NOS/c1-10-6-5-9-8-7-3-2-4-7/h2-6H2,1H3. The van der Waals surface area contributed by atoms with Gasteiger partial charge in [-0.25, -0.2) is 0 Å². The van der Waals surface area contributed by atoms with E-state index in [0.717, 1.165) is 25.2 Å². The van der Waals surface area contributed by atoms with Crippen molar-refractivity contribution in [3.63, 3.8) is 0 Å². The molecule has 0 aromatic rings. The summed E-state index contributed by atoms with van der Waals surface area (Å²) in [7, 11) is 0. The average molecular weight is 159 g/mol. The Labute approximate surface area is 66.0 Å². The summed E-state index contributed by atoms with van der Waals surface area (Å²) in [6, 6.07) is 0. The molecule has 10 heavy (non-hydrogen) atoms. The maximum atomic E-state index is 5.05. The first-order chi connectivity index (χ1) is 4.93. The lowest BCUT2D eigenvalue weighted by atomic mass is 9.98. The molecule has 0 amide bonds. The highest BCUT2D eigenvalue weighted by Gasteiger charge is 2.09. The Morgan fingerprint density at radius 3 is 2.90 bits per heavy atom. The van der Waals surface area contributed by atoms with Crippen molar-refractivity contribution in [3.05, 3.63) is 0 Å². The molecule has 3 heteroatoms. The third-order valence-corrected chi connectivity index (χ3v) is 2.08. The topological polar surface area (TPSA) is 21.6 Å². The van der Waals surface area contributed by atoms with Gasteiger partial charge in [-0.1, -0.05) is 5.16 Å². The highest BCUT2D eigenvalue weighted by molar-refractivity contribution is 7.98. The molecule has 0 bridgehead atoms. The van der Waals surface area contributed by atoms with E-state index in [-0.39, 0.29) is 0 Å². The van der Waals surface area contributed by atoms with Crippen LogP contribution in [0.15, 0.2) is 5.16 Å². The summed E-state index contributed by atoms with van der Waals surface area (Å²) in [5, 5.41) is 3.97. The van der Waals surface area contributed by atoms with E-state index in [0.29, 0.717) is 0 Å². The van der Waals surface area contributed by atoms with Crippen molar-refractivity contribution in [1.82, 2.24) is 0 Å². The molecule has 0 aromatic heterocycles. The van der Waals surface area contributed by atoms with Crippen LogP contribution in [-0.2, 0) is 4.84 Å². The minimum absolute atomic E-state index is 0.755. The number of hydrogen-bond donors (Lipinski definition) is 0. The predicted octanol–water partition coefficient (Wildman–Crippen LogP) is 1.91. The Bertz CT molecular complexity index is 119. The number of thioether (sulfide) groups is 1. The SMILES string of the molecule is CSCCON=C1CCC1. The van der Waals surface area contributed by atoms with Crippen LogP contribution in [0.25, 0.3) is 0 Å². The van der Waals surface area contributed by atoms with E-state index in [9.17, 15) is 0 Å². The highest BCUT2D eigenvalue weighted by atomic mass is 32.2. The van der Waals surface area contributed by atoms with E-state index in [2.05, 4.69) is 11.4 Å². The molecule has 1 saturated carbocycles. The molecule has 0 unspecified atom stereocenters. The third-order valence-electron chi connectivity index (χ3n) is 1.50. The van der Waals surface area contributed by atoms with Crippen LogP contribution >= 0.6 is 11.8 Å². The van der Waals surface area contributed by atoms with Crippen molar-refractivity contribution < 1.29 is 4.84 Å². The fourth-order valence-electron chi connectivity index (χ4n) is 0.684. The zero-order chi connectivity index (χ0) is 7.23. The molecule has 1 aliphatic carbocycles. The van der Waals surface area contributed by atoms with Crippen LogP contribution in [0, 0.1) is 0 Å². The second kappa shape index (κ2) is 4.61. The van der Waals surface area contributed by atoms with E-state index in [1.54, 1.807) is 11.8 Å². The van der Waals surface area contributed by atoms with Gasteiger partial charge in [0, 0.05) is 5.75 Å². The third kappa shape index (κ3) is 2.60. The van der Waals surface area contributed by atoms with Gasteiger partial charge in [-0.3, -0.25) is 0 Å². The summed E-state index contributed by atoms with van der Waals surface area (Å²) in [6.45, 7) is 0.755. The molecule has 0 aliphatic heterocycles. The fraction of sp³-hybridized carbons (Fsp3) is 0.857. The normalized spacial score (nSPS) is 16.3. The van der Waals surface area contributed by atoms with Crippen LogP contribution in [0.1, 0.15) is 19.3 Å². The number of nitrogens with zero attached hydrogens (tertiary/aromatic N) is 1. The molecule has 1 aliphatic rings. The van der Waals surface area contributed by atoms with Gasteiger partial charge in [0.2, 0.25) is 0 Å². The molecular weight excluding hydrogens is 146 g/mol. The van der Waals surface area contributed by atoms with E-state index >= 15 is 0 Å². The second-order valence-corrected chi connectivity index (χ2v) is 3.32. The van der Waals surface area contributed by atoms with Crippen LogP contribution < -0.4 is 0 Å². The maximum absolute atomic E-state index is 5.05. The van der Waals surface area contributed by atoms with Crippen LogP contribution in [0.2, 0.25) is 0 Å². The predicted molar refractivity (Wildman–Crippen MR) is 45.6 cm³/mol. The molecule has 0 spiro atoms. The number of rotatable bonds is 4. The zero-order valence-corrected chi connectivity index (χ0v) is 7.12. The first-order valence-electron chi connectivity index (χ1n) is 3.60. The monoisotopic (exact) mass is 159 g/mol. The van der Waals surface area contributed by atoms with E-state index < -0.39 is 0 Å². The summed E-state index contributed by atoms with van der Waals surface area (Å²) >= 11 is 1.78. The second-order valence-electron chi connectivity index (χ2n) is 2.34. The first-order valence-corrected chi connectivity index (χ1v) is 4.99. The van der Waals surface area contributed by atoms with Gasteiger partial charge in [0.25, 0.3) is 0 Å². The minimum Gasteiger partial charge on any atom is -0.395 e. The average Bonchev–Trinajstić information content (AvgIpc) is 1.84. The van der Waals surface area contributed by atoms with Crippen LogP contribution in [-0.4, -0.2) is 24.3 Å². The Balaban J connectivity index is 1.93. The Hall–Kier alpha value is -0.180. The lowest BCUT2D eigenvalue weighted by Crippen LogP contribution is -2.10. The van der Waals surface area contributed by atoms with Crippen LogP contribution in [0.5, 0.6) is 0 Å². The van der Waals surface area contributed by atoms with Crippen molar-refractivity contribution in [2.24, 2.45) is 5.16 Å². The number of hydrogen-bond acceptors (Lipinski definition) is 3. The largest absolute Gasteiger partial charge is 0.395 e.